The summed E-state index contributed by atoms with van der Waals surface area (Å²) in [5.74, 6) is 2.13. The van der Waals surface area contributed by atoms with E-state index >= 15 is 0 Å². The smallest absolute Gasteiger partial charge is 0.317 e. The molecule has 4 aliphatic rings. The molecule has 4 rings (SSSR count). The van der Waals surface area contributed by atoms with E-state index in [1.165, 1.54) is 32.1 Å². The third kappa shape index (κ3) is 3.37. The summed E-state index contributed by atoms with van der Waals surface area (Å²) < 4.78 is 0. The van der Waals surface area contributed by atoms with Gasteiger partial charge in [0.05, 0.1) is 12.1 Å². The Labute approximate surface area is 149 Å². The van der Waals surface area contributed by atoms with Crippen molar-refractivity contribution in [2.75, 3.05) is 19.6 Å². The molecule has 2 bridgehead atoms. The molecule has 0 unspecified atom stereocenters. The second kappa shape index (κ2) is 7.14. The average molecular weight is 349 g/mol. The number of nitrogens with one attached hydrogen (secondary N) is 2. The Kier molecular flexibility index (Phi) is 4.89. The number of likely N-dealkylation sites (tertiary alicyclic amines) is 1. The summed E-state index contributed by atoms with van der Waals surface area (Å²) in [6.45, 7) is 1.71. The van der Waals surface area contributed by atoms with Gasteiger partial charge >= 0.3 is 6.03 Å². The fourth-order valence-corrected chi connectivity index (χ4v) is 5.85. The Morgan fingerprint density at radius 1 is 1.00 bits per heavy atom. The summed E-state index contributed by atoms with van der Waals surface area (Å²) in [6.07, 6.45) is 8.58. The van der Waals surface area contributed by atoms with E-state index in [4.69, 9.17) is 0 Å². The minimum absolute atomic E-state index is 0.0182. The summed E-state index contributed by atoms with van der Waals surface area (Å²) >= 11 is 0. The second-order valence-electron chi connectivity index (χ2n) is 8.58. The SMILES string of the molecule is O=C(CC1CCCCC1)NCCNC(=O)N1C[C@@H]2C[C@H]3C[C@H]2[C@H]1[C@H]3O. The first-order valence-corrected chi connectivity index (χ1v) is 10.1. The van der Waals surface area contributed by atoms with Gasteiger partial charge in [-0.2, -0.15) is 0 Å². The van der Waals surface area contributed by atoms with E-state index in [2.05, 4.69) is 10.6 Å². The van der Waals surface area contributed by atoms with Gasteiger partial charge in [0.1, 0.15) is 0 Å². The van der Waals surface area contributed by atoms with Gasteiger partial charge in [-0.1, -0.05) is 19.3 Å². The van der Waals surface area contributed by atoms with Crippen LogP contribution in [0.3, 0.4) is 0 Å². The van der Waals surface area contributed by atoms with Crippen LogP contribution in [0.25, 0.3) is 0 Å². The van der Waals surface area contributed by atoms with Crippen LogP contribution in [0.1, 0.15) is 51.4 Å². The molecule has 1 aliphatic heterocycles. The molecule has 140 valence electrons. The van der Waals surface area contributed by atoms with Crippen LogP contribution in [0.4, 0.5) is 4.79 Å². The number of carbonyl (C=O) groups excluding carboxylic acids is 2. The molecule has 1 heterocycles. The number of hydrogen-bond donors (Lipinski definition) is 3. The molecule has 25 heavy (non-hydrogen) atoms. The minimum atomic E-state index is -0.343. The Hall–Kier alpha value is -1.30. The van der Waals surface area contributed by atoms with Gasteiger partial charge in [-0.3, -0.25) is 4.79 Å². The summed E-state index contributed by atoms with van der Waals surface area (Å²) in [5.41, 5.74) is 0. The molecule has 0 spiro atoms. The molecule has 0 aromatic carbocycles. The van der Waals surface area contributed by atoms with Gasteiger partial charge in [0, 0.05) is 26.1 Å². The Morgan fingerprint density at radius 2 is 1.76 bits per heavy atom. The standard InChI is InChI=1S/C19H31N3O3/c23-16(8-12-4-2-1-3-5-12)20-6-7-21-19(25)22-11-14-9-13-10-15(14)17(22)18(13)24/h12-15,17-18,24H,1-11H2,(H,20,23)(H,21,25)/t13-,14-,15+,17-,18-/m0/s1. The molecule has 4 fully saturated rings. The molecule has 0 aromatic rings. The van der Waals surface area contributed by atoms with Crippen molar-refractivity contribution in [1.82, 2.24) is 15.5 Å². The summed E-state index contributed by atoms with van der Waals surface area (Å²) in [5, 5.41) is 16.2. The van der Waals surface area contributed by atoms with Crippen molar-refractivity contribution >= 4 is 11.9 Å². The van der Waals surface area contributed by atoms with Crippen molar-refractivity contribution in [3.8, 4) is 0 Å². The van der Waals surface area contributed by atoms with E-state index in [0.717, 1.165) is 19.4 Å². The van der Waals surface area contributed by atoms with Crippen LogP contribution >= 0.6 is 0 Å². The Morgan fingerprint density at radius 3 is 2.52 bits per heavy atom. The molecule has 3 N–H and O–H groups in total. The highest BCUT2D eigenvalue weighted by Crippen LogP contribution is 2.54. The molecule has 3 aliphatic carbocycles. The van der Waals surface area contributed by atoms with E-state index in [1.54, 1.807) is 0 Å². The van der Waals surface area contributed by atoms with Crippen LogP contribution in [0.5, 0.6) is 0 Å². The van der Waals surface area contributed by atoms with Crippen LogP contribution in [-0.4, -0.2) is 53.7 Å². The predicted molar refractivity (Wildman–Crippen MR) is 93.8 cm³/mol. The number of urea groups is 1. The molecule has 1 saturated heterocycles. The van der Waals surface area contributed by atoms with Gasteiger partial charge in [-0.05, 0) is 49.4 Å². The fraction of sp³-hybridized carbons (Fsp3) is 0.895. The zero-order valence-electron chi connectivity index (χ0n) is 15.0. The number of amides is 3. The molecule has 6 nitrogen and oxygen atoms in total. The molecule has 0 aromatic heterocycles. The van der Waals surface area contributed by atoms with Crippen molar-refractivity contribution in [1.29, 1.82) is 0 Å². The maximum atomic E-state index is 12.5. The summed E-state index contributed by atoms with van der Waals surface area (Å²) in [7, 11) is 0. The quantitative estimate of drug-likeness (QED) is 0.658. The van der Waals surface area contributed by atoms with E-state index < -0.39 is 0 Å². The lowest BCUT2D eigenvalue weighted by atomic mass is 9.87. The zero-order chi connectivity index (χ0) is 17.4. The fourth-order valence-electron chi connectivity index (χ4n) is 5.85. The highest BCUT2D eigenvalue weighted by Gasteiger charge is 2.59. The largest absolute Gasteiger partial charge is 0.391 e. The van der Waals surface area contributed by atoms with Gasteiger partial charge < -0.3 is 20.6 Å². The molecular weight excluding hydrogens is 318 g/mol. The molecule has 3 amide bonds. The average Bonchev–Trinajstić information content (AvgIpc) is 3.22. The maximum Gasteiger partial charge on any atom is 0.317 e. The van der Waals surface area contributed by atoms with Gasteiger partial charge in [0.15, 0.2) is 0 Å². The Balaban J connectivity index is 1.15. The minimum Gasteiger partial charge on any atom is -0.391 e. The monoisotopic (exact) mass is 349 g/mol. The lowest BCUT2D eigenvalue weighted by molar-refractivity contribution is -0.122. The molecule has 3 saturated carbocycles. The molecule has 0 radical (unpaired) electrons. The first-order valence-electron chi connectivity index (χ1n) is 10.1. The van der Waals surface area contributed by atoms with E-state index in [0.29, 0.717) is 43.2 Å². The summed E-state index contributed by atoms with van der Waals surface area (Å²) in [4.78, 5) is 26.3. The van der Waals surface area contributed by atoms with E-state index in [-0.39, 0.29) is 24.1 Å². The van der Waals surface area contributed by atoms with E-state index in [1.807, 2.05) is 4.90 Å². The number of aliphatic hydroxyl groups excluding tert-OH is 1. The van der Waals surface area contributed by atoms with Crippen molar-refractivity contribution in [2.45, 2.75) is 63.5 Å². The number of carbonyl (C=O) groups is 2. The van der Waals surface area contributed by atoms with E-state index in [9.17, 15) is 14.7 Å². The maximum absolute atomic E-state index is 12.5. The van der Waals surface area contributed by atoms with Crippen LogP contribution in [0, 0.1) is 23.7 Å². The van der Waals surface area contributed by atoms with Crippen molar-refractivity contribution in [3.05, 3.63) is 0 Å². The number of hydrogen-bond acceptors (Lipinski definition) is 3. The normalized spacial score (nSPS) is 36.7. The molecular formula is C19H31N3O3. The highest BCUT2D eigenvalue weighted by molar-refractivity contribution is 5.77. The lowest BCUT2D eigenvalue weighted by Crippen LogP contribution is -2.49. The third-order valence-corrected chi connectivity index (χ3v) is 7.03. The molecule has 6 heteroatoms. The number of aliphatic hydroxyl groups is 1. The van der Waals surface area contributed by atoms with Gasteiger partial charge in [-0.25, -0.2) is 4.79 Å². The van der Waals surface area contributed by atoms with Crippen LogP contribution in [0.2, 0.25) is 0 Å². The predicted octanol–water partition coefficient (Wildman–Crippen LogP) is 1.48. The molecule has 5 atom stereocenters. The second-order valence-corrected chi connectivity index (χ2v) is 8.58. The van der Waals surface area contributed by atoms with Gasteiger partial charge in [-0.15, -0.1) is 0 Å². The first kappa shape index (κ1) is 17.1. The number of rotatable bonds is 5. The summed E-state index contributed by atoms with van der Waals surface area (Å²) in [6, 6.07) is -0.0646. The third-order valence-electron chi connectivity index (χ3n) is 7.03. The number of nitrogens with zero attached hydrogens (tertiary/aromatic N) is 1. The van der Waals surface area contributed by atoms with Crippen molar-refractivity contribution < 1.29 is 14.7 Å². The zero-order valence-corrected chi connectivity index (χ0v) is 15.0. The van der Waals surface area contributed by atoms with Gasteiger partial charge in [0.2, 0.25) is 5.91 Å². The lowest BCUT2D eigenvalue weighted by Gasteiger charge is -2.29. The number of fused-ring (bicyclic) bond motifs is 1. The van der Waals surface area contributed by atoms with Gasteiger partial charge in [0.25, 0.3) is 0 Å². The topological polar surface area (TPSA) is 81.7 Å². The van der Waals surface area contributed by atoms with Crippen LogP contribution in [0.15, 0.2) is 0 Å². The first-order chi connectivity index (χ1) is 12.1. The van der Waals surface area contributed by atoms with Crippen LogP contribution in [-0.2, 0) is 4.79 Å². The van der Waals surface area contributed by atoms with Crippen LogP contribution < -0.4 is 10.6 Å². The Bertz CT molecular complexity index is 518. The van der Waals surface area contributed by atoms with Crippen molar-refractivity contribution in [3.63, 3.8) is 0 Å². The van der Waals surface area contributed by atoms with Crippen molar-refractivity contribution in [2.24, 2.45) is 23.7 Å². The highest BCUT2D eigenvalue weighted by atomic mass is 16.3.